The molecule has 5 rings (SSSR count). The number of hydrogen-bond donors (Lipinski definition) is 1. The molecule has 0 unspecified atom stereocenters. The van der Waals surface area contributed by atoms with Crippen LogP contribution in [0.5, 0.6) is 0 Å². The average molecular weight is 447 g/mol. The fraction of sp³-hybridized carbons (Fsp3) is 0.208. The number of aryl methyl sites for hydroxylation is 1. The van der Waals surface area contributed by atoms with E-state index in [1.165, 1.54) is 5.56 Å². The van der Waals surface area contributed by atoms with Crippen LogP contribution < -0.4 is 5.32 Å². The Kier molecular flexibility index (Phi) is 5.61. The third-order valence-corrected chi connectivity index (χ3v) is 7.17. The van der Waals surface area contributed by atoms with Gasteiger partial charge in [-0.05, 0) is 17.9 Å². The summed E-state index contributed by atoms with van der Waals surface area (Å²) in [6, 6.07) is 16.7. The van der Waals surface area contributed by atoms with E-state index in [4.69, 9.17) is 4.98 Å². The summed E-state index contributed by atoms with van der Waals surface area (Å²) in [5.74, 6) is 0.0340. The number of nitrogens with one attached hydrogen (secondary N) is 1. The number of carbonyl (C=O) groups excluding carboxylic acids is 1. The molecule has 156 valence electrons. The maximum absolute atomic E-state index is 12.4. The van der Waals surface area contributed by atoms with Gasteiger partial charge in [-0.15, -0.1) is 11.3 Å². The minimum atomic E-state index is 0.0340. The Morgan fingerprint density at radius 1 is 1.10 bits per heavy atom. The highest BCUT2D eigenvalue weighted by molar-refractivity contribution is 8.16. The molecular formula is C24H22N4OS2. The molecule has 3 heterocycles. The van der Waals surface area contributed by atoms with Crippen LogP contribution in [-0.4, -0.2) is 34.0 Å². The lowest BCUT2D eigenvalue weighted by atomic mass is 10.1. The van der Waals surface area contributed by atoms with E-state index in [0.717, 1.165) is 51.3 Å². The van der Waals surface area contributed by atoms with Gasteiger partial charge in [-0.1, -0.05) is 65.9 Å². The number of amides is 1. The minimum Gasteiger partial charge on any atom is -0.352 e. The van der Waals surface area contributed by atoms with E-state index >= 15 is 0 Å². The van der Waals surface area contributed by atoms with Gasteiger partial charge < -0.3 is 10.2 Å². The first-order chi connectivity index (χ1) is 15.2. The van der Waals surface area contributed by atoms with Gasteiger partial charge in [0.15, 0.2) is 5.17 Å². The van der Waals surface area contributed by atoms with Crippen LogP contribution >= 0.6 is 23.1 Å². The second kappa shape index (κ2) is 8.69. The van der Waals surface area contributed by atoms with Gasteiger partial charge in [-0.2, -0.15) is 0 Å². The first-order valence-electron chi connectivity index (χ1n) is 10.2. The SMILES string of the molecule is Cc1ccc(-c2csc(-c3ccc(CNC(=O)CC4=CSC5=NCCN45)cc3)n2)cc1. The molecule has 0 bridgehead atoms. The van der Waals surface area contributed by atoms with Crippen LogP contribution in [0, 0.1) is 6.92 Å². The maximum atomic E-state index is 12.4. The van der Waals surface area contributed by atoms with Crippen molar-refractivity contribution in [2.45, 2.75) is 19.9 Å². The van der Waals surface area contributed by atoms with E-state index in [-0.39, 0.29) is 5.91 Å². The third kappa shape index (κ3) is 4.43. The summed E-state index contributed by atoms with van der Waals surface area (Å²) in [7, 11) is 0. The predicted octanol–water partition coefficient (Wildman–Crippen LogP) is 5.05. The van der Waals surface area contributed by atoms with Gasteiger partial charge in [0, 0.05) is 35.3 Å². The number of fused-ring (bicyclic) bond motifs is 1. The fourth-order valence-corrected chi connectivity index (χ4v) is 5.36. The highest BCUT2D eigenvalue weighted by Crippen LogP contribution is 2.31. The number of amidine groups is 1. The first-order valence-corrected chi connectivity index (χ1v) is 12.0. The Morgan fingerprint density at radius 3 is 2.68 bits per heavy atom. The molecule has 3 aromatic rings. The van der Waals surface area contributed by atoms with Gasteiger partial charge >= 0.3 is 0 Å². The van der Waals surface area contributed by atoms with Crippen molar-refractivity contribution in [2.24, 2.45) is 4.99 Å². The number of carbonyl (C=O) groups is 1. The third-order valence-electron chi connectivity index (χ3n) is 5.33. The van der Waals surface area contributed by atoms with Crippen LogP contribution in [0.15, 0.2) is 70.0 Å². The number of rotatable bonds is 6. The average Bonchev–Trinajstić information content (AvgIpc) is 3.52. The normalized spacial score (nSPS) is 14.9. The summed E-state index contributed by atoms with van der Waals surface area (Å²) in [4.78, 5) is 23.7. The Morgan fingerprint density at radius 2 is 1.87 bits per heavy atom. The molecule has 5 nitrogen and oxygen atoms in total. The summed E-state index contributed by atoms with van der Waals surface area (Å²) in [5, 5.41) is 9.18. The first kappa shape index (κ1) is 20.0. The zero-order valence-corrected chi connectivity index (χ0v) is 18.8. The fourth-order valence-electron chi connectivity index (χ4n) is 3.57. The molecule has 0 saturated carbocycles. The van der Waals surface area contributed by atoms with Crippen molar-refractivity contribution in [2.75, 3.05) is 13.1 Å². The molecular weight excluding hydrogens is 424 g/mol. The molecule has 0 aliphatic carbocycles. The quantitative estimate of drug-likeness (QED) is 0.576. The van der Waals surface area contributed by atoms with Crippen molar-refractivity contribution < 1.29 is 4.79 Å². The maximum Gasteiger partial charge on any atom is 0.226 e. The molecule has 1 N–H and O–H groups in total. The highest BCUT2D eigenvalue weighted by atomic mass is 32.2. The van der Waals surface area contributed by atoms with E-state index in [0.29, 0.717) is 13.0 Å². The summed E-state index contributed by atoms with van der Waals surface area (Å²) in [6.07, 6.45) is 0.394. The predicted molar refractivity (Wildman–Crippen MR) is 129 cm³/mol. The molecule has 2 aliphatic rings. The summed E-state index contributed by atoms with van der Waals surface area (Å²) < 4.78 is 0. The number of thioether (sulfide) groups is 1. The lowest BCUT2D eigenvalue weighted by molar-refractivity contribution is -0.120. The minimum absolute atomic E-state index is 0.0340. The Bertz CT molecular complexity index is 1160. The molecule has 1 aromatic heterocycles. The Labute approximate surface area is 189 Å². The van der Waals surface area contributed by atoms with E-state index in [2.05, 4.69) is 76.0 Å². The van der Waals surface area contributed by atoms with Gasteiger partial charge in [-0.3, -0.25) is 9.79 Å². The van der Waals surface area contributed by atoms with Crippen molar-refractivity contribution in [3.05, 3.63) is 76.1 Å². The van der Waals surface area contributed by atoms with Crippen molar-refractivity contribution in [1.29, 1.82) is 0 Å². The van der Waals surface area contributed by atoms with Crippen LogP contribution in [0.3, 0.4) is 0 Å². The van der Waals surface area contributed by atoms with Crippen LogP contribution in [-0.2, 0) is 11.3 Å². The van der Waals surface area contributed by atoms with Crippen molar-refractivity contribution in [3.63, 3.8) is 0 Å². The summed E-state index contributed by atoms with van der Waals surface area (Å²) in [6.45, 7) is 4.31. The van der Waals surface area contributed by atoms with Crippen LogP contribution in [0.2, 0.25) is 0 Å². The molecule has 0 fully saturated rings. The second-order valence-corrected chi connectivity index (χ2v) is 9.29. The Hall–Kier alpha value is -2.90. The standard InChI is InChI=1S/C24H22N4OS2/c1-16-2-6-18(7-3-16)21-15-30-23(27-21)19-8-4-17(5-9-19)13-26-22(29)12-20-14-31-24-25-10-11-28(20)24/h2-9,14-15H,10-13H2,1H3,(H,26,29). The van der Waals surface area contributed by atoms with E-state index in [1.807, 2.05) is 5.41 Å². The molecule has 2 aromatic carbocycles. The summed E-state index contributed by atoms with van der Waals surface area (Å²) >= 11 is 3.25. The van der Waals surface area contributed by atoms with Gasteiger partial charge in [-0.25, -0.2) is 4.98 Å². The molecule has 2 aliphatic heterocycles. The topological polar surface area (TPSA) is 57.6 Å². The molecule has 1 amide bonds. The molecule has 0 spiro atoms. The number of aromatic nitrogens is 1. The second-order valence-electron chi connectivity index (χ2n) is 7.60. The number of benzene rings is 2. The van der Waals surface area contributed by atoms with Gasteiger partial charge in [0.2, 0.25) is 5.91 Å². The number of aliphatic imine (C=N–C) groups is 1. The molecule has 7 heteroatoms. The van der Waals surface area contributed by atoms with E-state index in [9.17, 15) is 4.79 Å². The van der Waals surface area contributed by atoms with E-state index in [1.54, 1.807) is 23.1 Å². The lowest BCUT2D eigenvalue weighted by Gasteiger charge is -2.16. The van der Waals surface area contributed by atoms with Crippen LogP contribution in [0.4, 0.5) is 0 Å². The lowest BCUT2D eigenvalue weighted by Crippen LogP contribution is -2.28. The number of thiazole rings is 1. The molecule has 0 atom stereocenters. The van der Waals surface area contributed by atoms with Crippen molar-refractivity contribution in [1.82, 2.24) is 15.2 Å². The monoisotopic (exact) mass is 446 g/mol. The van der Waals surface area contributed by atoms with Gasteiger partial charge in [0.1, 0.15) is 5.01 Å². The van der Waals surface area contributed by atoms with E-state index < -0.39 is 0 Å². The highest BCUT2D eigenvalue weighted by Gasteiger charge is 2.27. The smallest absolute Gasteiger partial charge is 0.226 e. The molecule has 0 radical (unpaired) electrons. The largest absolute Gasteiger partial charge is 0.352 e. The summed E-state index contributed by atoms with van der Waals surface area (Å²) in [5.41, 5.74) is 6.59. The number of hydrogen-bond acceptors (Lipinski definition) is 6. The van der Waals surface area contributed by atoms with Gasteiger partial charge in [0.25, 0.3) is 0 Å². The zero-order chi connectivity index (χ0) is 21.2. The zero-order valence-electron chi connectivity index (χ0n) is 17.2. The van der Waals surface area contributed by atoms with Gasteiger partial charge in [0.05, 0.1) is 18.7 Å². The van der Waals surface area contributed by atoms with Crippen molar-refractivity contribution >= 4 is 34.2 Å². The Balaban J connectivity index is 1.17. The van der Waals surface area contributed by atoms with Crippen LogP contribution in [0.1, 0.15) is 17.5 Å². The van der Waals surface area contributed by atoms with Crippen LogP contribution in [0.25, 0.3) is 21.8 Å². The molecule has 31 heavy (non-hydrogen) atoms. The number of nitrogens with zero attached hydrogens (tertiary/aromatic N) is 3. The molecule has 0 saturated heterocycles. The van der Waals surface area contributed by atoms with Crippen molar-refractivity contribution in [3.8, 4) is 21.8 Å².